The Morgan fingerprint density at radius 1 is 1.47 bits per heavy atom. The summed E-state index contributed by atoms with van der Waals surface area (Å²) in [5.41, 5.74) is 6.11. The van der Waals surface area contributed by atoms with Crippen LogP contribution in [-0.4, -0.2) is 30.5 Å². The van der Waals surface area contributed by atoms with E-state index in [1.807, 2.05) is 0 Å². The lowest BCUT2D eigenvalue weighted by molar-refractivity contribution is -0.0938. The molecule has 0 spiro atoms. The van der Waals surface area contributed by atoms with Crippen molar-refractivity contribution in [1.82, 2.24) is 4.57 Å². The van der Waals surface area contributed by atoms with Gasteiger partial charge in [0.25, 0.3) is 5.56 Å². The molecule has 1 aliphatic heterocycles. The van der Waals surface area contributed by atoms with Crippen LogP contribution in [0.4, 0.5) is 5.69 Å². The lowest BCUT2D eigenvalue weighted by Crippen LogP contribution is -2.35. The SMILES string of the molecule is Nc1ccc(=O)n(CC2COCCO2)c1. The van der Waals surface area contributed by atoms with Crippen molar-refractivity contribution in [3.63, 3.8) is 0 Å². The van der Waals surface area contributed by atoms with E-state index in [1.54, 1.807) is 16.8 Å². The molecule has 0 amide bonds. The van der Waals surface area contributed by atoms with E-state index in [9.17, 15) is 4.79 Å². The molecule has 5 nitrogen and oxygen atoms in total. The highest BCUT2D eigenvalue weighted by atomic mass is 16.6. The standard InChI is InChI=1S/C10H14N2O3/c11-8-1-2-10(13)12(5-8)6-9-7-14-3-4-15-9/h1-2,5,9H,3-4,6-7,11H2. The summed E-state index contributed by atoms with van der Waals surface area (Å²) in [5, 5.41) is 0. The van der Waals surface area contributed by atoms with Crippen molar-refractivity contribution in [2.75, 3.05) is 25.6 Å². The fourth-order valence-corrected chi connectivity index (χ4v) is 1.55. The van der Waals surface area contributed by atoms with Gasteiger partial charge in [0.15, 0.2) is 0 Å². The second-order valence-corrected chi connectivity index (χ2v) is 3.52. The van der Waals surface area contributed by atoms with Crippen LogP contribution in [0.5, 0.6) is 0 Å². The summed E-state index contributed by atoms with van der Waals surface area (Å²) in [6.45, 7) is 2.23. The molecule has 2 heterocycles. The normalized spacial score (nSPS) is 21.5. The van der Waals surface area contributed by atoms with Crippen LogP contribution < -0.4 is 11.3 Å². The van der Waals surface area contributed by atoms with Gasteiger partial charge in [0.1, 0.15) is 0 Å². The number of ether oxygens (including phenoxy) is 2. The highest BCUT2D eigenvalue weighted by molar-refractivity contribution is 5.33. The minimum absolute atomic E-state index is 0.0572. The van der Waals surface area contributed by atoms with Crippen LogP contribution in [-0.2, 0) is 16.0 Å². The summed E-state index contributed by atoms with van der Waals surface area (Å²) < 4.78 is 12.3. The quantitative estimate of drug-likeness (QED) is 0.737. The predicted molar refractivity (Wildman–Crippen MR) is 55.7 cm³/mol. The van der Waals surface area contributed by atoms with Crippen molar-refractivity contribution in [3.8, 4) is 0 Å². The Bertz CT molecular complexity index is 382. The molecule has 1 aromatic heterocycles. The van der Waals surface area contributed by atoms with Crippen molar-refractivity contribution >= 4 is 5.69 Å². The Morgan fingerprint density at radius 3 is 3.07 bits per heavy atom. The van der Waals surface area contributed by atoms with Gasteiger partial charge in [0.2, 0.25) is 0 Å². The average molecular weight is 210 g/mol. The molecular formula is C10H14N2O3. The number of nitrogens with two attached hydrogens (primary N) is 1. The Labute approximate surface area is 87.4 Å². The molecule has 1 aromatic rings. The molecule has 15 heavy (non-hydrogen) atoms. The van der Waals surface area contributed by atoms with Gasteiger partial charge in [0, 0.05) is 18.0 Å². The number of nitrogens with zero attached hydrogens (tertiary/aromatic N) is 1. The van der Waals surface area contributed by atoms with E-state index in [1.165, 1.54) is 6.07 Å². The van der Waals surface area contributed by atoms with E-state index in [4.69, 9.17) is 15.2 Å². The third-order valence-corrected chi connectivity index (χ3v) is 2.29. The minimum Gasteiger partial charge on any atom is -0.398 e. The number of hydrogen-bond acceptors (Lipinski definition) is 4. The van der Waals surface area contributed by atoms with Gasteiger partial charge in [0.05, 0.1) is 32.5 Å². The molecule has 0 radical (unpaired) electrons. The molecular weight excluding hydrogens is 196 g/mol. The Balaban J connectivity index is 2.09. The third-order valence-electron chi connectivity index (χ3n) is 2.29. The van der Waals surface area contributed by atoms with Crippen LogP contribution in [0.15, 0.2) is 23.1 Å². The van der Waals surface area contributed by atoms with Gasteiger partial charge < -0.3 is 19.8 Å². The second-order valence-electron chi connectivity index (χ2n) is 3.52. The molecule has 82 valence electrons. The molecule has 1 saturated heterocycles. The van der Waals surface area contributed by atoms with Crippen molar-refractivity contribution in [2.24, 2.45) is 0 Å². The fourth-order valence-electron chi connectivity index (χ4n) is 1.55. The number of rotatable bonds is 2. The predicted octanol–water partition coefficient (Wildman–Crippen LogP) is -0.154. The summed E-state index contributed by atoms with van der Waals surface area (Å²) >= 11 is 0. The van der Waals surface area contributed by atoms with Crippen LogP contribution in [0.3, 0.4) is 0 Å². The van der Waals surface area contributed by atoms with Crippen LogP contribution >= 0.6 is 0 Å². The van der Waals surface area contributed by atoms with Crippen LogP contribution in [0.1, 0.15) is 0 Å². The van der Waals surface area contributed by atoms with E-state index in [2.05, 4.69) is 0 Å². The lowest BCUT2D eigenvalue weighted by atomic mass is 10.3. The first-order chi connectivity index (χ1) is 7.25. The van der Waals surface area contributed by atoms with E-state index < -0.39 is 0 Å². The first-order valence-corrected chi connectivity index (χ1v) is 4.91. The van der Waals surface area contributed by atoms with E-state index in [-0.39, 0.29) is 11.7 Å². The summed E-state index contributed by atoms with van der Waals surface area (Å²) in [4.78, 5) is 11.5. The molecule has 1 aliphatic rings. The molecule has 0 aliphatic carbocycles. The summed E-state index contributed by atoms with van der Waals surface area (Å²) in [7, 11) is 0. The lowest BCUT2D eigenvalue weighted by Gasteiger charge is -2.23. The highest BCUT2D eigenvalue weighted by Crippen LogP contribution is 2.04. The molecule has 2 N–H and O–H groups in total. The summed E-state index contributed by atoms with van der Waals surface area (Å²) in [5.74, 6) is 0. The average Bonchev–Trinajstić information content (AvgIpc) is 2.25. The zero-order chi connectivity index (χ0) is 10.7. The fraction of sp³-hybridized carbons (Fsp3) is 0.500. The van der Waals surface area contributed by atoms with Crippen molar-refractivity contribution < 1.29 is 9.47 Å². The maximum atomic E-state index is 11.5. The Kier molecular flexibility index (Phi) is 3.03. The zero-order valence-corrected chi connectivity index (χ0v) is 8.39. The minimum atomic E-state index is -0.0710. The van der Waals surface area contributed by atoms with E-state index >= 15 is 0 Å². The number of anilines is 1. The third kappa shape index (κ3) is 2.57. The highest BCUT2D eigenvalue weighted by Gasteiger charge is 2.15. The molecule has 1 atom stereocenters. The maximum Gasteiger partial charge on any atom is 0.250 e. The van der Waals surface area contributed by atoms with Crippen molar-refractivity contribution in [3.05, 3.63) is 28.7 Å². The molecule has 1 fully saturated rings. The van der Waals surface area contributed by atoms with Crippen molar-refractivity contribution in [2.45, 2.75) is 12.6 Å². The largest absolute Gasteiger partial charge is 0.398 e. The molecule has 1 unspecified atom stereocenters. The first-order valence-electron chi connectivity index (χ1n) is 4.91. The summed E-state index contributed by atoms with van der Waals surface area (Å²) in [6, 6.07) is 3.05. The Morgan fingerprint density at radius 2 is 2.33 bits per heavy atom. The molecule has 5 heteroatoms. The Hall–Kier alpha value is -1.33. The van der Waals surface area contributed by atoms with Gasteiger partial charge in [-0.1, -0.05) is 0 Å². The first kappa shape index (κ1) is 10.2. The van der Waals surface area contributed by atoms with Crippen molar-refractivity contribution in [1.29, 1.82) is 0 Å². The molecule has 2 rings (SSSR count). The number of aromatic nitrogens is 1. The van der Waals surface area contributed by atoms with Crippen LogP contribution in [0, 0.1) is 0 Å². The number of pyridine rings is 1. The van der Waals surface area contributed by atoms with Gasteiger partial charge in [-0.2, -0.15) is 0 Å². The molecule has 0 saturated carbocycles. The summed E-state index contributed by atoms with van der Waals surface area (Å²) in [6.07, 6.45) is 1.57. The van der Waals surface area contributed by atoms with Gasteiger partial charge in [-0.05, 0) is 6.07 Å². The topological polar surface area (TPSA) is 66.5 Å². The molecule has 0 bridgehead atoms. The number of hydrogen-bond donors (Lipinski definition) is 1. The van der Waals surface area contributed by atoms with E-state index in [0.29, 0.717) is 32.1 Å². The van der Waals surface area contributed by atoms with Gasteiger partial charge in [-0.25, -0.2) is 0 Å². The van der Waals surface area contributed by atoms with Crippen LogP contribution in [0.2, 0.25) is 0 Å². The molecule has 0 aromatic carbocycles. The van der Waals surface area contributed by atoms with Gasteiger partial charge in [-0.3, -0.25) is 4.79 Å². The smallest absolute Gasteiger partial charge is 0.250 e. The van der Waals surface area contributed by atoms with Gasteiger partial charge in [-0.15, -0.1) is 0 Å². The zero-order valence-electron chi connectivity index (χ0n) is 8.39. The number of nitrogen functional groups attached to an aromatic ring is 1. The van der Waals surface area contributed by atoms with E-state index in [0.717, 1.165) is 0 Å². The monoisotopic (exact) mass is 210 g/mol. The second kappa shape index (κ2) is 4.46. The maximum absolute atomic E-state index is 11.5. The van der Waals surface area contributed by atoms with Gasteiger partial charge >= 0.3 is 0 Å². The van der Waals surface area contributed by atoms with Crippen LogP contribution in [0.25, 0.3) is 0 Å².